The van der Waals surface area contributed by atoms with Crippen LogP contribution in [0.3, 0.4) is 0 Å². The van der Waals surface area contributed by atoms with Crippen molar-refractivity contribution in [3.8, 4) is 11.5 Å². The van der Waals surface area contributed by atoms with Crippen molar-refractivity contribution in [2.24, 2.45) is 4.99 Å². The number of benzene rings is 1. The van der Waals surface area contributed by atoms with Crippen LogP contribution in [0.15, 0.2) is 34.6 Å². The van der Waals surface area contributed by atoms with E-state index in [2.05, 4.69) is 33.9 Å². The molecule has 2 aromatic rings. The van der Waals surface area contributed by atoms with Gasteiger partial charge in [0, 0.05) is 42.8 Å². The zero-order valence-corrected chi connectivity index (χ0v) is 17.1. The molecule has 0 fully saturated rings. The quantitative estimate of drug-likeness (QED) is 0.563. The van der Waals surface area contributed by atoms with E-state index < -0.39 is 0 Å². The fraction of sp³-hybridized carbons (Fsp3) is 0.450. The van der Waals surface area contributed by atoms with Gasteiger partial charge in [-0.3, -0.25) is 9.89 Å². The molecule has 6 nitrogen and oxygen atoms in total. The normalized spacial score (nSPS) is 14.6. The number of ether oxygens (including phenoxy) is 2. The fourth-order valence-electron chi connectivity index (χ4n) is 3.16. The van der Waals surface area contributed by atoms with Gasteiger partial charge in [-0.25, -0.2) is 0 Å². The van der Waals surface area contributed by atoms with Crippen LogP contribution in [0.25, 0.3) is 0 Å². The predicted molar refractivity (Wildman–Crippen MR) is 112 cm³/mol. The second-order valence-electron chi connectivity index (χ2n) is 6.35. The third-order valence-electron chi connectivity index (χ3n) is 4.56. The molecule has 0 aliphatic carbocycles. The van der Waals surface area contributed by atoms with Gasteiger partial charge in [0.2, 0.25) is 0 Å². The average Bonchev–Trinajstić information content (AvgIpc) is 3.16. The lowest BCUT2D eigenvalue weighted by Crippen LogP contribution is -2.34. The van der Waals surface area contributed by atoms with E-state index in [0.29, 0.717) is 11.5 Å². The molecule has 1 aliphatic heterocycles. The Bertz CT molecular complexity index is 775. The van der Waals surface area contributed by atoms with Crippen molar-refractivity contribution in [1.82, 2.24) is 10.2 Å². The summed E-state index contributed by atoms with van der Waals surface area (Å²) in [6, 6.07) is 8.00. The Morgan fingerprint density at radius 2 is 2.07 bits per heavy atom. The number of hydrogen-bond acceptors (Lipinski definition) is 5. The molecule has 7 heteroatoms. The molecule has 2 heterocycles. The summed E-state index contributed by atoms with van der Waals surface area (Å²) in [6.07, 6.45) is 1.15. The Kier molecular flexibility index (Phi) is 6.95. The molecule has 0 saturated carbocycles. The first-order valence-electron chi connectivity index (χ1n) is 9.28. The summed E-state index contributed by atoms with van der Waals surface area (Å²) in [4.78, 5) is 8.74. The van der Waals surface area contributed by atoms with Crippen LogP contribution in [0, 0.1) is 0 Å². The Labute approximate surface area is 165 Å². The SMILES string of the molecule is CCNC(=NCCN1CCc2sccc2C1)Nc1ccc(OC)c(OC)c1. The van der Waals surface area contributed by atoms with Crippen LogP contribution in [-0.2, 0) is 13.0 Å². The van der Waals surface area contributed by atoms with Gasteiger partial charge < -0.3 is 20.1 Å². The van der Waals surface area contributed by atoms with Gasteiger partial charge >= 0.3 is 0 Å². The maximum absolute atomic E-state index is 5.37. The molecule has 27 heavy (non-hydrogen) atoms. The molecule has 1 aromatic carbocycles. The van der Waals surface area contributed by atoms with Crippen LogP contribution in [0.5, 0.6) is 11.5 Å². The number of hydrogen-bond donors (Lipinski definition) is 2. The van der Waals surface area contributed by atoms with E-state index in [1.807, 2.05) is 29.5 Å². The van der Waals surface area contributed by atoms with Crippen LogP contribution in [0.2, 0.25) is 0 Å². The lowest BCUT2D eigenvalue weighted by atomic mass is 10.1. The number of rotatable bonds is 7. The summed E-state index contributed by atoms with van der Waals surface area (Å²) >= 11 is 1.88. The average molecular weight is 389 g/mol. The van der Waals surface area contributed by atoms with Gasteiger partial charge in [-0.15, -0.1) is 11.3 Å². The van der Waals surface area contributed by atoms with Gasteiger partial charge in [0.25, 0.3) is 0 Å². The summed E-state index contributed by atoms with van der Waals surface area (Å²) in [5.41, 5.74) is 2.39. The number of thiophene rings is 1. The van der Waals surface area contributed by atoms with E-state index >= 15 is 0 Å². The van der Waals surface area contributed by atoms with Crippen molar-refractivity contribution in [2.45, 2.75) is 19.9 Å². The Morgan fingerprint density at radius 3 is 2.85 bits per heavy atom. The van der Waals surface area contributed by atoms with Crippen molar-refractivity contribution in [2.75, 3.05) is 45.7 Å². The van der Waals surface area contributed by atoms with Crippen molar-refractivity contribution >= 4 is 23.0 Å². The number of aliphatic imine (C=N–C) groups is 1. The van der Waals surface area contributed by atoms with Crippen molar-refractivity contribution < 1.29 is 9.47 Å². The number of nitrogens with zero attached hydrogens (tertiary/aromatic N) is 2. The fourth-order valence-corrected chi connectivity index (χ4v) is 4.05. The smallest absolute Gasteiger partial charge is 0.195 e. The number of nitrogens with one attached hydrogen (secondary N) is 2. The molecule has 0 saturated heterocycles. The molecule has 0 atom stereocenters. The molecular weight excluding hydrogens is 360 g/mol. The highest BCUT2D eigenvalue weighted by Crippen LogP contribution is 2.29. The minimum Gasteiger partial charge on any atom is -0.493 e. The van der Waals surface area contributed by atoms with Gasteiger partial charge in [0.1, 0.15) is 0 Å². The molecule has 146 valence electrons. The van der Waals surface area contributed by atoms with E-state index in [9.17, 15) is 0 Å². The summed E-state index contributed by atoms with van der Waals surface area (Å²) in [5.74, 6) is 2.18. The molecule has 2 N–H and O–H groups in total. The summed E-state index contributed by atoms with van der Waals surface area (Å²) in [5, 5.41) is 8.84. The Hall–Kier alpha value is -2.25. The second kappa shape index (κ2) is 9.62. The molecule has 0 bridgehead atoms. The maximum atomic E-state index is 5.37. The summed E-state index contributed by atoms with van der Waals surface area (Å²) < 4.78 is 10.7. The van der Waals surface area contributed by atoms with E-state index in [4.69, 9.17) is 14.5 Å². The predicted octanol–water partition coefficient (Wildman–Crippen LogP) is 3.20. The molecular formula is C20H28N4O2S. The van der Waals surface area contributed by atoms with Crippen LogP contribution in [0.4, 0.5) is 5.69 Å². The highest BCUT2D eigenvalue weighted by Gasteiger charge is 2.16. The van der Waals surface area contributed by atoms with Crippen LogP contribution in [0.1, 0.15) is 17.4 Å². The van der Waals surface area contributed by atoms with Gasteiger partial charge in [-0.05, 0) is 42.5 Å². The van der Waals surface area contributed by atoms with Crippen LogP contribution < -0.4 is 20.1 Å². The van der Waals surface area contributed by atoms with E-state index in [-0.39, 0.29) is 0 Å². The highest BCUT2D eigenvalue weighted by molar-refractivity contribution is 7.10. The van der Waals surface area contributed by atoms with Gasteiger partial charge in [-0.2, -0.15) is 0 Å². The van der Waals surface area contributed by atoms with Gasteiger partial charge in [-0.1, -0.05) is 0 Å². The zero-order chi connectivity index (χ0) is 19.1. The lowest BCUT2D eigenvalue weighted by molar-refractivity contribution is 0.264. The van der Waals surface area contributed by atoms with E-state index in [0.717, 1.165) is 50.8 Å². The number of anilines is 1. The van der Waals surface area contributed by atoms with E-state index in [1.54, 1.807) is 19.1 Å². The first-order valence-corrected chi connectivity index (χ1v) is 10.2. The Morgan fingerprint density at radius 1 is 1.22 bits per heavy atom. The zero-order valence-electron chi connectivity index (χ0n) is 16.2. The van der Waals surface area contributed by atoms with Gasteiger partial charge in [0.05, 0.1) is 20.8 Å². The summed E-state index contributed by atoms with van der Waals surface area (Å²) in [6.45, 7) is 6.73. The molecule has 3 rings (SSSR count). The number of guanidine groups is 1. The molecule has 0 radical (unpaired) electrons. The van der Waals surface area contributed by atoms with Gasteiger partial charge in [0.15, 0.2) is 17.5 Å². The molecule has 0 amide bonds. The highest BCUT2D eigenvalue weighted by atomic mass is 32.1. The molecule has 0 spiro atoms. The minimum atomic E-state index is 0.693. The molecule has 1 aromatic heterocycles. The van der Waals surface area contributed by atoms with E-state index in [1.165, 1.54) is 5.56 Å². The van der Waals surface area contributed by atoms with Crippen LogP contribution in [-0.4, -0.2) is 51.3 Å². The van der Waals surface area contributed by atoms with Crippen molar-refractivity contribution in [1.29, 1.82) is 0 Å². The van der Waals surface area contributed by atoms with Crippen molar-refractivity contribution in [3.05, 3.63) is 40.1 Å². The maximum Gasteiger partial charge on any atom is 0.195 e. The third kappa shape index (κ3) is 5.14. The first-order chi connectivity index (χ1) is 13.2. The largest absolute Gasteiger partial charge is 0.493 e. The molecule has 1 aliphatic rings. The number of methoxy groups -OCH3 is 2. The Balaban J connectivity index is 1.58. The first kappa shape index (κ1) is 19.5. The monoisotopic (exact) mass is 388 g/mol. The number of fused-ring (bicyclic) bond motifs is 1. The third-order valence-corrected chi connectivity index (χ3v) is 5.59. The second-order valence-corrected chi connectivity index (χ2v) is 7.35. The summed E-state index contributed by atoms with van der Waals surface area (Å²) in [7, 11) is 3.27. The minimum absolute atomic E-state index is 0.693. The standard InChI is InChI=1S/C20H28N4O2S/c1-4-21-20(23-16-5-6-17(25-2)18(13-16)26-3)22-9-11-24-10-7-19-15(14-24)8-12-27-19/h5-6,8,12-13H,4,7,9-11,14H2,1-3H3,(H2,21,22,23). The van der Waals surface area contributed by atoms with Crippen LogP contribution >= 0.6 is 11.3 Å². The molecule has 0 unspecified atom stereocenters. The topological polar surface area (TPSA) is 58.1 Å². The van der Waals surface area contributed by atoms with Crippen molar-refractivity contribution in [3.63, 3.8) is 0 Å². The lowest BCUT2D eigenvalue weighted by Gasteiger charge is -2.26.